The summed E-state index contributed by atoms with van der Waals surface area (Å²) in [6.07, 6.45) is 1.22. The first-order chi connectivity index (χ1) is 24.7. The Bertz CT molecular complexity index is 1920. The quantitative estimate of drug-likeness (QED) is 0.296. The van der Waals surface area contributed by atoms with Crippen LogP contribution in [-0.2, 0) is 35.1 Å². The number of sulfonamides is 1. The van der Waals surface area contributed by atoms with Crippen LogP contribution in [0.1, 0.15) is 41.3 Å². The molecule has 1 unspecified atom stereocenters. The molecule has 6 rings (SSSR count). The Morgan fingerprint density at radius 1 is 0.865 bits per heavy atom. The SMILES string of the molecule is CCOc1cc(C)c(S(=O)(=O)N2CCOCC2)cc1C1(C(=O)N2CCN(CCS(C)(=O)=O)CC2)N[C@H](c2ccc(Cl)cc2)[C@H](c2ccc(Cl)cc2)N1. The third-order valence-corrected chi connectivity index (χ3v) is 13.3. The van der Waals surface area contributed by atoms with E-state index in [1.54, 1.807) is 48.2 Å². The van der Waals surface area contributed by atoms with Gasteiger partial charge in [-0.25, -0.2) is 16.8 Å². The van der Waals surface area contributed by atoms with Gasteiger partial charge in [0.25, 0.3) is 5.91 Å². The van der Waals surface area contributed by atoms with E-state index in [9.17, 15) is 16.8 Å². The number of amides is 1. The second kappa shape index (κ2) is 15.9. The van der Waals surface area contributed by atoms with E-state index in [4.69, 9.17) is 32.7 Å². The number of piperazine rings is 1. The molecule has 3 aliphatic rings. The Balaban J connectivity index is 1.50. The van der Waals surface area contributed by atoms with Gasteiger partial charge in [-0.2, -0.15) is 4.31 Å². The number of hydrogen-bond donors (Lipinski definition) is 2. The molecule has 0 aliphatic carbocycles. The smallest absolute Gasteiger partial charge is 0.262 e. The van der Waals surface area contributed by atoms with Gasteiger partial charge in [0, 0.05) is 67.7 Å². The maximum Gasteiger partial charge on any atom is 0.262 e. The van der Waals surface area contributed by atoms with Gasteiger partial charge in [0.1, 0.15) is 15.6 Å². The topological polar surface area (TPSA) is 138 Å². The van der Waals surface area contributed by atoms with Gasteiger partial charge in [0.2, 0.25) is 10.0 Å². The monoisotopic (exact) mass is 793 g/mol. The van der Waals surface area contributed by atoms with E-state index in [1.807, 2.05) is 36.1 Å². The molecule has 2 N–H and O–H groups in total. The zero-order valence-electron chi connectivity index (χ0n) is 29.5. The van der Waals surface area contributed by atoms with E-state index in [0.29, 0.717) is 59.6 Å². The largest absolute Gasteiger partial charge is 0.493 e. The van der Waals surface area contributed by atoms with Crippen molar-refractivity contribution in [1.29, 1.82) is 0 Å². The molecule has 282 valence electrons. The van der Waals surface area contributed by atoms with Crippen molar-refractivity contribution in [2.24, 2.45) is 0 Å². The van der Waals surface area contributed by atoms with Crippen molar-refractivity contribution in [2.75, 3.05) is 77.6 Å². The summed E-state index contributed by atoms with van der Waals surface area (Å²) in [6.45, 7) is 6.82. The first-order valence-corrected chi connectivity index (χ1v) is 21.6. The van der Waals surface area contributed by atoms with E-state index in [1.165, 1.54) is 10.6 Å². The lowest BCUT2D eigenvalue weighted by Gasteiger charge is -2.41. The number of carbonyl (C=O) groups is 1. The van der Waals surface area contributed by atoms with Gasteiger partial charge in [-0.3, -0.25) is 20.3 Å². The van der Waals surface area contributed by atoms with Crippen LogP contribution in [0, 0.1) is 6.92 Å². The van der Waals surface area contributed by atoms with Crippen LogP contribution in [0.15, 0.2) is 65.6 Å². The first kappa shape index (κ1) is 38.9. The molecule has 3 fully saturated rings. The third kappa shape index (κ3) is 8.30. The second-order valence-corrected chi connectivity index (χ2v) is 18.5. The summed E-state index contributed by atoms with van der Waals surface area (Å²) in [6, 6.07) is 17.1. The Morgan fingerprint density at radius 2 is 1.40 bits per heavy atom. The first-order valence-electron chi connectivity index (χ1n) is 17.3. The molecule has 0 aromatic heterocycles. The summed E-state index contributed by atoms with van der Waals surface area (Å²) in [5.74, 6) is 0.0824. The molecule has 0 bridgehead atoms. The van der Waals surface area contributed by atoms with Gasteiger partial charge in [-0.1, -0.05) is 47.5 Å². The van der Waals surface area contributed by atoms with Crippen LogP contribution in [0.25, 0.3) is 0 Å². The van der Waals surface area contributed by atoms with Gasteiger partial charge >= 0.3 is 0 Å². The number of morpholine rings is 1. The molecule has 0 saturated carbocycles. The molecule has 1 amide bonds. The highest BCUT2D eigenvalue weighted by atomic mass is 35.5. The number of aryl methyl sites for hydroxylation is 1. The number of nitrogens with zero attached hydrogens (tertiary/aromatic N) is 3. The lowest BCUT2D eigenvalue weighted by atomic mass is 9.95. The number of sulfone groups is 1. The zero-order valence-corrected chi connectivity index (χ0v) is 32.6. The van der Waals surface area contributed by atoms with Crippen molar-refractivity contribution in [1.82, 2.24) is 24.7 Å². The summed E-state index contributed by atoms with van der Waals surface area (Å²) < 4.78 is 65.3. The molecule has 3 saturated heterocycles. The van der Waals surface area contributed by atoms with Crippen molar-refractivity contribution >= 4 is 49.0 Å². The highest BCUT2D eigenvalue weighted by Gasteiger charge is 2.55. The Hall–Kier alpha value is -2.79. The number of carbonyl (C=O) groups excluding carboxylic acids is 1. The Labute approximate surface area is 316 Å². The predicted molar refractivity (Wildman–Crippen MR) is 201 cm³/mol. The van der Waals surface area contributed by atoms with Crippen LogP contribution < -0.4 is 15.4 Å². The van der Waals surface area contributed by atoms with E-state index >= 15 is 4.79 Å². The zero-order chi connectivity index (χ0) is 37.3. The number of benzene rings is 3. The molecule has 3 heterocycles. The van der Waals surface area contributed by atoms with E-state index < -0.39 is 37.6 Å². The Kier molecular flexibility index (Phi) is 11.9. The van der Waals surface area contributed by atoms with Gasteiger partial charge in [0.05, 0.1) is 42.6 Å². The molecule has 3 aromatic carbocycles. The number of halogens is 2. The van der Waals surface area contributed by atoms with Crippen molar-refractivity contribution in [3.05, 3.63) is 93.0 Å². The summed E-state index contributed by atoms with van der Waals surface area (Å²) in [5.41, 5.74) is 0.859. The minimum atomic E-state index is -3.99. The standard InChI is InChI=1S/C36H45Cl2N5O7S2/c1-4-50-31-23-25(2)32(52(47,48)43-17-20-49-21-18-43)24-30(31)36(35(44)42-15-13-41(14-16-42)19-22-51(3,45)46)39-33(26-5-9-28(37)10-6-26)34(40-36)27-7-11-29(38)12-8-27/h5-12,23-24,33-34,39-40H,4,13-22H2,1-3H3/t33-,34+,36?. The minimum absolute atomic E-state index is 0.0288. The van der Waals surface area contributed by atoms with Crippen LogP contribution >= 0.6 is 23.2 Å². The molecular formula is C36H45Cl2N5O7S2. The van der Waals surface area contributed by atoms with Gasteiger partial charge in [0.15, 0.2) is 5.66 Å². The van der Waals surface area contributed by atoms with Crippen LogP contribution in [0.5, 0.6) is 5.75 Å². The van der Waals surface area contributed by atoms with Crippen molar-refractivity contribution in [3.63, 3.8) is 0 Å². The number of hydrogen-bond acceptors (Lipinski definition) is 10. The minimum Gasteiger partial charge on any atom is -0.493 e. The maximum absolute atomic E-state index is 15.3. The Morgan fingerprint density at radius 3 is 1.90 bits per heavy atom. The van der Waals surface area contributed by atoms with Crippen molar-refractivity contribution in [3.8, 4) is 5.75 Å². The number of rotatable bonds is 11. The van der Waals surface area contributed by atoms with Crippen LogP contribution in [0.2, 0.25) is 10.0 Å². The fourth-order valence-electron chi connectivity index (χ4n) is 7.10. The fraction of sp³-hybridized carbons (Fsp3) is 0.472. The molecule has 0 spiro atoms. The van der Waals surface area contributed by atoms with Crippen LogP contribution in [0.4, 0.5) is 0 Å². The molecule has 12 nitrogen and oxygen atoms in total. The lowest BCUT2D eigenvalue weighted by Crippen LogP contribution is -2.62. The third-order valence-electron chi connectivity index (χ3n) is 9.86. The average molecular weight is 795 g/mol. The lowest BCUT2D eigenvalue weighted by molar-refractivity contribution is -0.141. The second-order valence-electron chi connectivity index (χ2n) is 13.4. The maximum atomic E-state index is 15.3. The van der Waals surface area contributed by atoms with Gasteiger partial charge < -0.3 is 14.4 Å². The summed E-state index contributed by atoms with van der Waals surface area (Å²) in [5, 5.41) is 8.46. The summed E-state index contributed by atoms with van der Waals surface area (Å²) >= 11 is 12.6. The van der Waals surface area contributed by atoms with Gasteiger partial charge in [-0.15, -0.1) is 0 Å². The predicted octanol–water partition coefficient (Wildman–Crippen LogP) is 3.74. The van der Waals surface area contributed by atoms with Crippen LogP contribution in [0.3, 0.4) is 0 Å². The molecular weight excluding hydrogens is 749 g/mol. The summed E-state index contributed by atoms with van der Waals surface area (Å²) in [7, 11) is -7.14. The van der Waals surface area contributed by atoms with Gasteiger partial charge in [-0.05, 0) is 66.9 Å². The van der Waals surface area contributed by atoms with E-state index in [2.05, 4.69) is 10.6 Å². The fourth-order valence-corrected chi connectivity index (χ4v) is 9.58. The molecule has 0 radical (unpaired) electrons. The molecule has 16 heteroatoms. The molecule has 52 heavy (non-hydrogen) atoms. The molecule has 3 aliphatic heterocycles. The molecule has 3 aromatic rings. The van der Waals surface area contributed by atoms with E-state index in [0.717, 1.165) is 11.1 Å². The number of nitrogens with one attached hydrogen (secondary N) is 2. The average Bonchev–Trinajstić information content (AvgIpc) is 3.53. The normalized spacial score (nSPS) is 23.5. The summed E-state index contributed by atoms with van der Waals surface area (Å²) in [4.78, 5) is 19.2. The van der Waals surface area contributed by atoms with E-state index in [-0.39, 0.29) is 49.5 Å². The highest BCUT2D eigenvalue weighted by molar-refractivity contribution is 7.90. The highest BCUT2D eigenvalue weighted by Crippen LogP contribution is 2.46. The van der Waals surface area contributed by atoms with Crippen LogP contribution in [-0.4, -0.2) is 114 Å². The van der Waals surface area contributed by atoms with Crippen molar-refractivity contribution in [2.45, 2.75) is 36.5 Å². The molecule has 3 atom stereocenters. The van der Waals surface area contributed by atoms with Crippen molar-refractivity contribution < 1.29 is 31.1 Å². The number of ether oxygens (including phenoxy) is 2.